The molecule has 1 N–H and O–H groups in total. The zero-order valence-electron chi connectivity index (χ0n) is 15.1. The van der Waals surface area contributed by atoms with E-state index in [1.165, 1.54) is 12.3 Å². The van der Waals surface area contributed by atoms with Crippen molar-refractivity contribution in [3.8, 4) is 11.6 Å². The summed E-state index contributed by atoms with van der Waals surface area (Å²) in [6.07, 6.45) is 1.08. The summed E-state index contributed by atoms with van der Waals surface area (Å²) in [6.45, 7) is 6.85. The number of imide groups is 1. The summed E-state index contributed by atoms with van der Waals surface area (Å²) in [6, 6.07) is 3.04. The van der Waals surface area contributed by atoms with Gasteiger partial charge in [0.2, 0.25) is 5.89 Å². The first kappa shape index (κ1) is 17.9. The molecule has 26 heavy (non-hydrogen) atoms. The van der Waals surface area contributed by atoms with Gasteiger partial charge in [0.1, 0.15) is 17.1 Å². The maximum atomic E-state index is 12.1. The molecule has 1 fully saturated rings. The van der Waals surface area contributed by atoms with Gasteiger partial charge < -0.3 is 14.3 Å². The molecule has 0 aliphatic heterocycles. The fourth-order valence-electron chi connectivity index (χ4n) is 2.50. The topological polar surface area (TPSA) is 106 Å². The van der Waals surface area contributed by atoms with Crippen LogP contribution in [0.2, 0.25) is 0 Å². The summed E-state index contributed by atoms with van der Waals surface area (Å²) in [5.41, 5.74) is 0.693. The molecule has 0 atom stereocenters. The van der Waals surface area contributed by atoms with Crippen LogP contribution < -0.4 is 4.90 Å². The Balaban J connectivity index is 1.84. The molecule has 0 spiro atoms. The van der Waals surface area contributed by atoms with E-state index in [1.54, 1.807) is 26.8 Å². The highest BCUT2D eigenvalue weighted by Gasteiger charge is 2.31. The molecule has 0 saturated heterocycles. The van der Waals surface area contributed by atoms with Crippen LogP contribution in [0.5, 0.6) is 0 Å². The van der Waals surface area contributed by atoms with Crippen LogP contribution in [0.3, 0.4) is 0 Å². The van der Waals surface area contributed by atoms with Crippen molar-refractivity contribution in [1.29, 1.82) is 0 Å². The molecule has 1 aliphatic rings. The predicted octanol–water partition coefficient (Wildman–Crippen LogP) is 4.34. The lowest BCUT2D eigenvalue weighted by atomic mass is 10.2. The first-order valence-corrected chi connectivity index (χ1v) is 8.35. The number of oxazole rings is 1. The predicted molar refractivity (Wildman–Crippen MR) is 93.2 cm³/mol. The number of amides is 2. The van der Waals surface area contributed by atoms with E-state index >= 15 is 0 Å². The van der Waals surface area contributed by atoms with Crippen LogP contribution in [0, 0.1) is 6.92 Å². The number of anilines is 1. The standard InChI is InChI=1S/C18H21N3O5/c1-10-14(11-5-6-11)20-15(25-10)13-8-7-12(9-19-13)21(16(22)23)17(24)26-18(2,3)4/h7-9,11H,5-6H2,1-4H3,(H,22,23). The van der Waals surface area contributed by atoms with E-state index in [9.17, 15) is 14.7 Å². The molecule has 8 heteroatoms. The highest BCUT2D eigenvalue weighted by Crippen LogP contribution is 2.42. The molecule has 0 aromatic carbocycles. The Morgan fingerprint density at radius 1 is 1.31 bits per heavy atom. The number of hydrogen-bond donors (Lipinski definition) is 1. The second-order valence-electron chi connectivity index (χ2n) is 7.23. The van der Waals surface area contributed by atoms with Crippen molar-refractivity contribution in [1.82, 2.24) is 9.97 Å². The fraction of sp³-hybridized carbons (Fsp3) is 0.444. The minimum absolute atomic E-state index is 0.0844. The largest absolute Gasteiger partial charge is 0.464 e. The molecule has 138 valence electrons. The lowest BCUT2D eigenvalue weighted by molar-refractivity contribution is 0.0582. The van der Waals surface area contributed by atoms with Gasteiger partial charge in [0.05, 0.1) is 17.6 Å². The second kappa shape index (κ2) is 6.44. The lowest BCUT2D eigenvalue weighted by Gasteiger charge is -2.24. The summed E-state index contributed by atoms with van der Waals surface area (Å²) in [7, 11) is 0. The monoisotopic (exact) mass is 359 g/mol. The number of hydrogen-bond acceptors (Lipinski definition) is 6. The average molecular weight is 359 g/mol. The number of carbonyl (C=O) groups is 2. The molecule has 2 heterocycles. The highest BCUT2D eigenvalue weighted by atomic mass is 16.6. The molecule has 2 aromatic rings. The van der Waals surface area contributed by atoms with Crippen LogP contribution in [-0.2, 0) is 4.74 Å². The van der Waals surface area contributed by atoms with E-state index < -0.39 is 17.8 Å². The quantitative estimate of drug-likeness (QED) is 0.868. The molecule has 0 radical (unpaired) electrons. The summed E-state index contributed by atoms with van der Waals surface area (Å²) < 4.78 is 10.8. The zero-order valence-corrected chi connectivity index (χ0v) is 15.1. The maximum Gasteiger partial charge on any atom is 0.424 e. The van der Waals surface area contributed by atoms with E-state index in [0.717, 1.165) is 24.3 Å². The normalized spacial score (nSPS) is 14.2. The molecular weight excluding hydrogens is 338 g/mol. The van der Waals surface area contributed by atoms with Gasteiger partial charge in [-0.15, -0.1) is 0 Å². The summed E-state index contributed by atoms with van der Waals surface area (Å²) in [4.78, 5) is 32.8. The third-order valence-electron chi connectivity index (χ3n) is 3.79. The summed E-state index contributed by atoms with van der Waals surface area (Å²) in [5, 5.41) is 9.35. The third kappa shape index (κ3) is 3.84. The van der Waals surface area contributed by atoms with E-state index in [1.807, 2.05) is 6.92 Å². The van der Waals surface area contributed by atoms with Gasteiger partial charge in [0.25, 0.3) is 0 Å². The van der Waals surface area contributed by atoms with Crippen LogP contribution >= 0.6 is 0 Å². The summed E-state index contributed by atoms with van der Waals surface area (Å²) in [5.74, 6) is 1.62. The van der Waals surface area contributed by atoms with Gasteiger partial charge in [0.15, 0.2) is 0 Å². The lowest BCUT2D eigenvalue weighted by Crippen LogP contribution is -2.40. The zero-order chi connectivity index (χ0) is 19.1. The molecule has 1 saturated carbocycles. The van der Waals surface area contributed by atoms with Crippen LogP contribution in [-0.4, -0.2) is 32.9 Å². The van der Waals surface area contributed by atoms with Gasteiger partial charge in [0, 0.05) is 5.92 Å². The number of carboxylic acid groups (broad SMARTS) is 1. The Morgan fingerprint density at radius 2 is 2.00 bits per heavy atom. The fourth-order valence-corrected chi connectivity index (χ4v) is 2.50. The van der Waals surface area contributed by atoms with Crippen LogP contribution in [0.1, 0.15) is 51.0 Å². The van der Waals surface area contributed by atoms with E-state index in [-0.39, 0.29) is 5.69 Å². The molecule has 2 amide bonds. The molecule has 3 rings (SSSR count). The van der Waals surface area contributed by atoms with Crippen molar-refractivity contribution >= 4 is 17.9 Å². The number of pyridine rings is 1. The minimum Gasteiger partial charge on any atom is -0.464 e. The Morgan fingerprint density at radius 3 is 2.50 bits per heavy atom. The number of carbonyl (C=O) groups excluding carboxylic acids is 1. The molecule has 1 aliphatic carbocycles. The van der Waals surface area contributed by atoms with E-state index in [0.29, 0.717) is 22.4 Å². The van der Waals surface area contributed by atoms with Crippen molar-refractivity contribution in [3.05, 3.63) is 29.8 Å². The van der Waals surface area contributed by atoms with Crippen molar-refractivity contribution in [2.45, 2.75) is 52.1 Å². The molecular formula is C18H21N3O5. The number of aromatic nitrogens is 2. The van der Waals surface area contributed by atoms with Gasteiger partial charge in [-0.2, -0.15) is 4.90 Å². The Bertz CT molecular complexity index is 832. The third-order valence-corrected chi connectivity index (χ3v) is 3.79. The SMILES string of the molecule is Cc1oc(-c2ccc(N(C(=O)O)C(=O)OC(C)(C)C)cn2)nc1C1CC1. The minimum atomic E-state index is -1.45. The molecule has 0 unspecified atom stereocenters. The van der Waals surface area contributed by atoms with Crippen molar-refractivity contribution < 1.29 is 23.8 Å². The van der Waals surface area contributed by atoms with Crippen LogP contribution in [0.4, 0.5) is 15.3 Å². The van der Waals surface area contributed by atoms with Crippen LogP contribution in [0.15, 0.2) is 22.7 Å². The van der Waals surface area contributed by atoms with Crippen molar-refractivity contribution in [3.63, 3.8) is 0 Å². The number of rotatable bonds is 3. The van der Waals surface area contributed by atoms with Crippen molar-refractivity contribution in [2.24, 2.45) is 0 Å². The second-order valence-corrected chi connectivity index (χ2v) is 7.23. The molecule has 8 nitrogen and oxygen atoms in total. The Labute approximate surface area is 150 Å². The Hall–Kier alpha value is -2.90. The van der Waals surface area contributed by atoms with Crippen molar-refractivity contribution in [2.75, 3.05) is 4.90 Å². The van der Waals surface area contributed by atoms with Gasteiger partial charge in [-0.25, -0.2) is 19.6 Å². The summed E-state index contributed by atoms with van der Waals surface area (Å²) >= 11 is 0. The Kier molecular flexibility index (Phi) is 4.43. The number of ether oxygens (including phenoxy) is 1. The van der Waals surface area contributed by atoms with Gasteiger partial charge >= 0.3 is 12.2 Å². The van der Waals surface area contributed by atoms with E-state index in [4.69, 9.17) is 9.15 Å². The first-order valence-electron chi connectivity index (χ1n) is 8.35. The van der Waals surface area contributed by atoms with Gasteiger partial charge in [-0.3, -0.25) is 0 Å². The number of nitrogens with zero attached hydrogens (tertiary/aromatic N) is 3. The molecule has 0 bridgehead atoms. The first-order chi connectivity index (χ1) is 12.2. The number of aryl methyl sites for hydroxylation is 1. The van der Waals surface area contributed by atoms with Gasteiger partial charge in [-0.05, 0) is 52.7 Å². The van der Waals surface area contributed by atoms with Crippen LogP contribution in [0.25, 0.3) is 11.6 Å². The smallest absolute Gasteiger partial charge is 0.424 e. The van der Waals surface area contributed by atoms with Gasteiger partial charge in [-0.1, -0.05) is 0 Å². The maximum absolute atomic E-state index is 12.1. The highest BCUT2D eigenvalue weighted by molar-refractivity contribution is 6.08. The molecule has 2 aromatic heterocycles. The average Bonchev–Trinajstić information content (AvgIpc) is 3.28. The van der Waals surface area contributed by atoms with E-state index in [2.05, 4.69) is 9.97 Å².